The van der Waals surface area contributed by atoms with Gasteiger partial charge in [0.1, 0.15) is 11.4 Å². The summed E-state index contributed by atoms with van der Waals surface area (Å²) in [6, 6.07) is 0. The number of amides is 2. The molecule has 1 fully saturated rings. The third kappa shape index (κ3) is 5.36. The van der Waals surface area contributed by atoms with Gasteiger partial charge in [-0.1, -0.05) is 20.8 Å². The van der Waals surface area contributed by atoms with Crippen LogP contribution in [0.4, 0.5) is 11.4 Å². The molecule has 0 spiro atoms. The van der Waals surface area contributed by atoms with Crippen molar-refractivity contribution in [3.8, 4) is 0 Å². The van der Waals surface area contributed by atoms with Gasteiger partial charge in [0.2, 0.25) is 11.8 Å². The molecule has 31 heavy (non-hydrogen) atoms. The van der Waals surface area contributed by atoms with E-state index in [9.17, 15) is 19.2 Å². The Balaban J connectivity index is 2.13. The second kappa shape index (κ2) is 7.75. The molecular weight excluding hydrogens is 394 g/mol. The Morgan fingerprint density at radius 2 is 1.26 bits per heavy atom. The van der Waals surface area contributed by atoms with Gasteiger partial charge in [-0.15, -0.1) is 0 Å². The molecule has 1 unspecified atom stereocenters. The molecule has 2 amide bonds. The molecule has 1 aliphatic rings. The zero-order chi connectivity index (χ0) is 24.2. The van der Waals surface area contributed by atoms with Crippen LogP contribution < -0.4 is 21.5 Å². The average Bonchev–Trinajstić information content (AvgIpc) is 2.90. The maximum atomic E-state index is 13.0. The summed E-state index contributed by atoms with van der Waals surface area (Å²) in [7, 11) is 0. The maximum Gasteiger partial charge on any atom is 0.253 e. The molecule has 1 heterocycles. The summed E-state index contributed by atoms with van der Waals surface area (Å²) >= 11 is 0. The van der Waals surface area contributed by atoms with Crippen molar-refractivity contribution in [1.29, 1.82) is 0 Å². The second-order valence-electron chi connectivity index (χ2n) is 12.3. The van der Waals surface area contributed by atoms with E-state index in [1.54, 1.807) is 0 Å². The molecule has 2 rings (SSSR count). The minimum Gasteiger partial charge on any atom is -0.375 e. The number of likely N-dealkylation sites (tertiary alicyclic amines) is 1. The lowest BCUT2D eigenvalue weighted by Gasteiger charge is -2.38. The van der Waals surface area contributed by atoms with Gasteiger partial charge in [-0.3, -0.25) is 24.1 Å². The predicted molar refractivity (Wildman–Crippen MR) is 125 cm³/mol. The van der Waals surface area contributed by atoms with Crippen molar-refractivity contribution in [2.45, 2.75) is 105 Å². The fourth-order valence-electron chi connectivity index (χ4n) is 4.08. The Labute approximate surface area is 185 Å². The van der Waals surface area contributed by atoms with Gasteiger partial charge in [-0.2, -0.15) is 0 Å². The first-order valence-electron chi connectivity index (χ1n) is 11.0. The van der Waals surface area contributed by atoms with E-state index >= 15 is 0 Å². The second-order valence-corrected chi connectivity index (χ2v) is 12.3. The third-order valence-electron chi connectivity index (χ3n) is 6.03. The van der Waals surface area contributed by atoms with Crippen LogP contribution in [0.1, 0.15) is 88.5 Å². The van der Waals surface area contributed by atoms with Gasteiger partial charge in [-0.25, -0.2) is 0 Å². The number of nitrogens with zero attached hydrogens (tertiary/aromatic N) is 1. The Hall–Kier alpha value is -2.18. The summed E-state index contributed by atoms with van der Waals surface area (Å²) in [5.74, 6) is -0.535. The molecule has 1 aromatic carbocycles. The number of carbonyl (C=O) groups excluding carboxylic acids is 2. The summed E-state index contributed by atoms with van der Waals surface area (Å²) in [6.07, 6.45) is 1.42. The van der Waals surface area contributed by atoms with Gasteiger partial charge < -0.3 is 10.6 Å². The molecule has 7 heteroatoms. The topological polar surface area (TPSA) is 95.6 Å². The highest BCUT2D eigenvalue weighted by Gasteiger charge is 2.49. The summed E-state index contributed by atoms with van der Waals surface area (Å²) in [5, 5.41) is 6.33. The monoisotopic (exact) mass is 433 g/mol. The fourth-order valence-corrected chi connectivity index (χ4v) is 4.08. The first-order chi connectivity index (χ1) is 13.8. The normalized spacial score (nSPS) is 18.8. The number of anilines is 2. The Bertz CT molecular complexity index is 938. The molecule has 1 saturated heterocycles. The van der Waals surface area contributed by atoms with Crippen LogP contribution in [-0.2, 0) is 9.59 Å². The van der Waals surface area contributed by atoms with Crippen molar-refractivity contribution in [1.82, 2.24) is 4.90 Å². The van der Waals surface area contributed by atoms with Gasteiger partial charge >= 0.3 is 0 Å². The summed E-state index contributed by atoms with van der Waals surface area (Å²) in [6.45, 7) is 19.5. The molecule has 2 N–H and O–H groups in total. The van der Waals surface area contributed by atoms with Crippen molar-refractivity contribution >= 4 is 23.2 Å². The SMILES string of the molecule is CC(C)(C)Nc1c(NC(C)(C)CCC(C)(C)N2C(=O)CC(C(C)(C)C)C2=O)c(=O)c1=O. The third-order valence-corrected chi connectivity index (χ3v) is 6.03. The van der Waals surface area contributed by atoms with Crippen molar-refractivity contribution in [2.24, 2.45) is 11.3 Å². The Morgan fingerprint density at radius 3 is 1.68 bits per heavy atom. The minimum atomic E-state index is -0.645. The average molecular weight is 434 g/mol. The number of hydrogen-bond acceptors (Lipinski definition) is 6. The lowest BCUT2D eigenvalue weighted by atomic mass is 9.79. The van der Waals surface area contributed by atoms with Crippen molar-refractivity contribution in [3.63, 3.8) is 0 Å². The Morgan fingerprint density at radius 1 is 0.774 bits per heavy atom. The first-order valence-corrected chi connectivity index (χ1v) is 11.0. The van der Waals surface area contributed by atoms with Crippen LogP contribution >= 0.6 is 0 Å². The fraction of sp³-hybridized carbons (Fsp3) is 0.750. The lowest BCUT2D eigenvalue weighted by molar-refractivity contribution is -0.146. The van der Waals surface area contributed by atoms with E-state index in [-0.39, 0.29) is 35.1 Å². The first kappa shape index (κ1) is 25.1. The molecule has 0 saturated carbocycles. The quantitative estimate of drug-likeness (QED) is 0.503. The number of rotatable bonds is 7. The van der Waals surface area contributed by atoms with Gasteiger partial charge in [-0.05, 0) is 66.7 Å². The van der Waals surface area contributed by atoms with E-state index in [1.165, 1.54) is 4.90 Å². The highest BCUT2D eigenvalue weighted by atomic mass is 16.2. The van der Waals surface area contributed by atoms with E-state index in [0.717, 1.165) is 0 Å². The maximum absolute atomic E-state index is 13.0. The van der Waals surface area contributed by atoms with Crippen LogP contribution in [0.3, 0.4) is 0 Å². The summed E-state index contributed by atoms with van der Waals surface area (Å²) in [4.78, 5) is 51.3. The van der Waals surface area contributed by atoms with Crippen LogP contribution in [0.15, 0.2) is 9.59 Å². The molecule has 174 valence electrons. The van der Waals surface area contributed by atoms with E-state index in [4.69, 9.17) is 0 Å². The zero-order valence-corrected chi connectivity index (χ0v) is 20.8. The van der Waals surface area contributed by atoms with E-state index < -0.39 is 21.9 Å². The summed E-state index contributed by atoms with van der Waals surface area (Å²) in [5.41, 5.74) is -2.15. The highest BCUT2D eigenvalue weighted by Crippen LogP contribution is 2.40. The van der Waals surface area contributed by atoms with Crippen molar-refractivity contribution in [3.05, 3.63) is 20.4 Å². The van der Waals surface area contributed by atoms with Gasteiger partial charge in [0.15, 0.2) is 0 Å². The highest BCUT2D eigenvalue weighted by molar-refractivity contribution is 6.04. The lowest BCUT2D eigenvalue weighted by Crippen LogP contribution is -2.50. The van der Waals surface area contributed by atoms with E-state index in [0.29, 0.717) is 24.2 Å². The van der Waals surface area contributed by atoms with Gasteiger partial charge in [0, 0.05) is 23.0 Å². The van der Waals surface area contributed by atoms with Gasteiger partial charge in [0.05, 0.1) is 5.92 Å². The smallest absolute Gasteiger partial charge is 0.253 e. The molecule has 0 aliphatic carbocycles. The van der Waals surface area contributed by atoms with Crippen LogP contribution in [0.2, 0.25) is 0 Å². The molecule has 1 aromatic rings. The molecular formula is C24H39N3O4. The minimum absolute atomic E-state index is 0.104. The summed E-state index contributed by atoms with van der Waals surface area (Å²) < 4.78 is 0. The molecule has 1 aliphatic heterocycles. The van der Waals surface area contributed by atoms with Crippen LogP contribution in [0.25, 0.3) is 0 Å². The van der Waals surface area contributed by atoms with Crippen LogP contribution in [0.5, 0.6) is 0 Å². The van der Waals surface area contributed by atoms with Crippen molar-refractivity contribution < 1.29 is 9.59 Å². The van der Waals surface area contributed by atoms with Gasteiger partial charge in [0.25, 0.3) is 10.9 Å². The number of carbonyl (C=O) groups is 2. The van der Waals surface area contributed by atoms with E-state index in [1.807, 2.05) is 69.2 Å². The standard InChI is InChI=1S/C24H39N3O4/c1-21(2,3)14-13-15(28)27(20(14)31)24(9,10)12-11-23(7,8)26-17-16(18(29)19(17)30)25-22(4,5)6/h14,25-26H,11-13H2,1-10H3. The van der Waals surface area contributed by atoms with E-state index in [2.05, 4.69) is 10.6 Å². The largest absolute Gasteiger partial charge is 0.375 e. The zero-order valence-electron chi connectivity index (χ0n) is 20.8. The molecule has 0 aromatic heterocycles. The molecule has 7 nitrogen and oxygen atoms in total. The molecule has 1 atom stereocenters. The van der Waals surface area contributed by atoms with Crippen LogP contribution in [0, 0.1) is 11.3 Å². The van der Waals surface area contributed by atoms with Crippen LogP contribution in [-0.4, -0.2) is 33.3 Å². The molecule has 0 bridgehead atoms. The predicted octanol–water partition coefficient (Wildman–Crippen LogP) is 3.66. The molecule has 0 radical (unpaired) electrons. The number of hydrogen-bond donors (Lipinski definition) is 2. The Kier molecular flexibility index (Phi) is 6.27. The number of imide groups is 1. The number of nitrogens with one attached hydrogen (secondary N) is 2. The van der Waals surface area contributed by atoms with Crippen molar-refractivity contribution in [2.75, 3.05) is 10.6 Å².